The van der Waals surface area contributed by atoms with Crippen LogP contribution in [0.4, 0.5) is 0 Å². The van der Waals surface area contributed by atoms with E-state index in [-0.39, 0.29) is 32.3 Å². The number of hydrogen-bond acceptors (Lipinski definition) is 6. The normalized spacial score (nSPS) is 11.5. The van der Waals surface area contributed by atoms with Crippen LogP contribution in [0.15, 0.2) is 45.8 Å². The number of amides is 1. The van der Waals surface area contributed by atoms with Crippen LogP contribution in [0.3, 0.4) is 0 Å². The third-order valence-corrected chi connectivity index (χ3v) is 6.88. The van der Waals surface area contributed by atoms with Crippen molar-refractivity contribution in [1.29, 1.82) is 0 Å². The van der Waals surface area contributed by atoms with Crippen LogP contribution in [0.5, 0.6) is 0 Å². The van der Waals surface area contributed by atoms with Gasteiger partial charge in [0.15, 0.2) is 11.7 Å². The minimum Gasteiger partial charge on any atom is -0.441 e. The number of thiophene rings is 1. The average Bonchev–Trinajstić information content (AvgIpc) is 3.19. The molecule has 0 fully saturated rings. The standard InChI is InChI=1S/C16H11Cl3N2O4S2/c17-10-4-2-1-3-9(10)11-8-20-15(25-11)6-5-14(22)21-27(23,24)12-7-13(18)26-16(12)19/h1-4,7-8H,5-6H2,(H,21,22). The minimum atomic E-state index is -4.09. The third kappa shape index (κ3) is 4.83. The zero-order chi connectivity index (χ0) is 19.6. The van der Waals surface area contributed by atoms with Crippen LogP contribution in [0, 0.1) is 0 Å². The van der Waals surface area contributed by atoms with Crippen molar-refractivity contribution in [2.45, 2.75) is 17.7 Å². The van der Waals surface area contributed by atoms with Crippen molar-refractivity contribution >= 4 is 62.1 Å². The van der Waals surface area contributed by atoms with E-state index in [1.807, 2.05) is 10.8 Å². The maximum atomic E-state index is 12.2. The fourth-order valence-corrected chi connectivity index (χ4v) is 5.59. The molecule has 0 aliphatic heterocycles. The Bertz CT molecular complexity index is 1090. The summed E-state index contributed by atoms with van der Waals surface area (Å²) in [6.45, 7) is 0. The molecule has 2 aromatic heterocycles. The molecule has 0 bridgehead atoms. The van der Waals surface area contributed by atoms with Crippen molar-refractivity contribution in [2.24, 2.45) is 0 Å². The first kappa shape index (κ1) is 20.2. The predicted molar refractivity (Wildman–Crippen MR) is 105 cm³/mol. The van der Waals surface area contributed by atoms with Gasteiger partial charge in [-0.05, 0) is 18.2 Å². The van der Waals surface area contributed by atoms with E-state index in [1.54, 1.807) is 18.2 Å². The first-order valence-corrected chi connectivity index (χ1v) is 10.9. The fraction of sp³-hybridized carbons (Fsp3) is 0.125. The lowest BCUT2D eigenvalue weighted by atomic mass is 10.2. The Labute approximate surface area is 174 Å². The molecule has 1 amide bonds. The molecular formula is C16H11Cl3N2O4S2. The van der Waals surface area contributed by atoms with E-state index in [0.29, 0.717) is 16.3 Å². The van der Waals surface area contributed by atoms with Gasteiger partial charge in [0.2, 0.25) is 5.91 Å². The zero-order valence-corrected chi connectivity index (χ0v) is 17.3. The number of aryl methyl sites for hydroxylation is 1. The molecule has 6 nitrogen and oxygen atoms in total. The van der Waals surface area contributed by atoms with Crippen LogP contribution >= 0.6 is 46.1 Å². The maximum absolute atomic E-state index is 12.2. The fourth-order valence-electron chi connectivity index (χ4n) is 2.20. The Balaban J connectivity index is 1.63. The molecule has 0 atom stereocenters. The molecule has 142 valence electrons. The van der Waals surface area contributed by atoms with Gasteiger partial charge in [-0.15, -0.1) is 11.3 Å². The Morgan fingerprint density at radius 3 is 2.63 bits per heavy atom. The molecule has 0 saturated carbocycles. The Morgan fingerprint density at radius 1 is 1.22 bits per heavy atom. The van der Waals surface area contributed by atoms with Gasteiger partial charge in [0.1, 0.15) is 9.23 Å². The van der Waals surface area contributed by atoms with E-state index < -0.39 is 15.9 Å². The van der Waals surface area contributed by atoms with Gasteiger partial charge in [0.05, 0.1) is 15.6 Å². The van der Waals surface area contributed by atoms with Gasteiger partial charge in [0, 0.05) is 18.4 Å². The highest BCUT2D eigenvalue weighted by Crippen LogP contribution is 2.34. The number of hydrogen-bond donors (Lipinski definition) is 1. The molecule has 0 aliphatic rings. The third-order valence-electron chi connectivity index (χ3n) is 3.42. The number of nitrogens with zero attached hydrogens (tertiary/aromatic N) is 1. The molecule has 1 N–H and O–H groups in total. The van der Waals surface area contributed by atoms with Crippen molar-refractivity contribution in [3.63, 3.8) is 0 Å². The number of halogens is 3. The highest BCUT2D eigenvalue weighted by molar-refractivity contribution is 7.90. The summed E-state index contributed by atoms with van der Waals surface area (Å²) in [6.07, 6.45) is 1.47. The first-order chi connectivity index (χ1) is 12.8. The maximum Gasteiger partial charge on any atom is 0.266 e. The van der Waals surface area contributed by atoms with Crippen molar-refractivity contribution in [2.75, 3.05) is 0 Å². The van der Waals surface area contributed by atoms with Gasteiger partial charge in [0.25, 0.3) is 10.0 Å². The van der Waals surface area contributed by atoms with Crippen molar-refractivity contribution in [3.8, 4) is 11.3 Å². The number of oxazole rings is 1. The summed E-state index contributed by atoms with van der Waals surface area (Å²) in [6, 6.07) is 8.29. The van der Waals surface area contributed by atoms with Gasteiger partial charge in [-0.2, -0.15) is 0 Å². The number of carbonyl (C=O) groups is 1. The van der Waals surface area contributed by atoms with Crippen LogP contribution in [-0.4, -0.2) is 19.3 Å². The van der Waals surface area contributed by atoms with E-state index in [4.69, 9.17) is 39.2 Å². The summed E-state index contributed by atoms with van der Waals surface area (Å²) >= 11 is 18.6. The van der Waals surface area contributed by atoms with Gasteiger partial charge in [-0.25, -0.2) is 18.1 Å². The SMILES string of the molecule is O=C(CCc1ncc(-c2ccccc2Cl)o1)NS(=O)(=O)c1cc(Cl)sc1Cl. The molecule has 0 saturated heterocycles. The van der Waals surface area contributed by atoms with E-state index in [9.17, 15) is 13.2 Å². The molecular weight excluding hydrogens is 455 g/mol. The van der Waals surface area contributed by atoms with Crippen molar-refractivity contribution in [1.82, 2.24) is 9.71 Å². The van der Waals surface area contributed by atoms with Crippen LogP contribution in [0.2, 0.25) is 13.7 Å². The van der Waals surface area contributed by atoms with E-state index in [2.05, 4.69) is 4.98 Å². The highest BCUT2D eigenvalue weighted by Gasteiger charge is 2.23. The molecule has 27 heavy (non-hydrogen) atoms. The summed E-state index contributed by atoms with van der Waals surface area (Å²) in [4.78, 5) is 15.9. The lowest BCUT2D eigenvalue weighted by molar-refractivity contribution is -0.119. The van der Waals surface area contributed by atoms with Gasteiger partial charge < -0.3 is 4.42 Å². The number of benzene rings is 1. The highest BCUT2D eigenvalue weighted by atomic mass is 35.5. The molecule has 11 heteroatoms. The number of carbonyl (C=O) groups excluding carboxylic acids is 1. The quantitative estimate of drug-likeness (QED) is 0.565. The Kier molecular flexibility index (Phi) is 6.12. The molecule has 0 spiro atoms. The number of aromatic nitrogens is 1. The second kappa shape index (κ2) is 8.20. The summed E-state index contributed by atoms with van der Waals surface area (Å²) in [7, 11) is -4.09. The largest absolute Gasteiger partial charge is 0.441 e. The second-order valence-corrected chi connectivity index (χ2v) is 9.66. The molecule has 0 unspecified atom stereocenters. The summed E-state index contributed by atoms with van der Waals surface area (Å²) in [5.41, 5.74) is 0.675. The number of nitrogens with one attached hydrogen (secondary N) is 1. The average molecular weight is 466 g/mol. The Morgan fingerprint density at radius 2 is 1.96 bits per heavy atom. The molecule has 0 aliphatic carbocycles. The molecule has 3 rings (SSSR count). The summed E-state index contributed by atoms with van der Waals surface area (Å²) in [5.74, 6) is 0.0308. The van der Waals surface area contributed by atoms with Crippen LogP contribution in [-0.2, 0) is 21.2 Å². The summed E-state index contributed by atoms with van der Waals surface area (Å²) in [5, 5.41) is 0.510. The second-order valence-electron chi connectivity index (χ2n) is 5.32. The smallest absolute Gasteiger partial charge is 0.266 e. The molecule has 0 radical (unpaired) electrons. The van der Waals surface area contributed by atoms with Crippen LogP contribution < -0.4 is 4.72 Å². The van der Waals surface area contributed by atoms with Gasteiger partial charge >= 0.3 is 0 Å². The monoisotopic (exact) mass is 464 g/mol. The van der Waals surface area contributed by atoms with E-state index in [0.717, 1.165) is 11.3 Å². The number of rotatable bonds is 6. The van der Waals surface area contributed by atoms with Gasteiger partial charge in [-0.1, -0.05) is 46.9 Å². The minimum absolute atomic E-state index is 0.0163. The van der Waals surface area contributed by atoms with Crippen molar-refractivity contribution < 1.29 is 17.6 Å². The van der Waals surface area contributed by atoms with Gasteiger partial charge in [-0.3, -0.25) is 4.79 Å². The summed E-state index contributed by atoms with van der Waals surface area (Å²) < 4.78 is 32.1. The predicted octanol–water partition coefficient (Wildman–Crippen LogP) is 4.80. The Hall–Kier alpha value is -1.58. The van der Waals surface area contributed by atoms with E-state index in [1.165, 1.54) is 12.3 Å². The lowest BCUT2D eigenvalue weighted by Crippen LogP contribution is -2.30. The van der Waals surface area contributed by atoms with Crippen molar-refractivity contribution in [3.05, 3.63) is 56.1 Å². The topological polar surface area (TPSA) is 89.3 Å². The molecule has 1 aromatic carbocycles. The number of sulfonamides is 1. The molecule has 2 heterocycles. The van der Waals surface area contributed by atoms with Crippen LogP contribution in [0.25, 0.3) is 11.3 Å². The van der Waals surface area contributed by atoms with E-state index >= 15 is 0 Å². The van der Waals surface area contributed by atoms with Crippen LogP contribution in [0.1, 0.15) is 12.3 Å². The first-order valence-electron chi connectivity index (χ1n) is 7.46. The molecule has 3 aromatic rings. The zero-order valence-electron chi connectivity index (χ0n) is 13.4. The lowest BCUT2D eigenvalue weighted by Gasteiger charge is -2.05.